The first-order chi connectivity index (χ1) is 11.6. The molecular weight excluding hydrogens is 303 g/mol. The molecular formula is C20H23FN2O. The van der Waals surface area contributed by atoms with Crippen LogP contribution in [0.15, 0.2) is 48.5 Å². The quantitative estimate of drug-likeness (QED) is 0.826. The zero-order valence-corrected chi connectivity index (χ0v) is 14.0. The zero-order chi connectivity index (χ0) is 16.9. The molecule has 0 fully saturated rings. The Labute approximate surface area is 142 Å². The van der Waals surface area contributed by atoms with Crippen LogP contribution in [-0.2, 0) is 17.6 Å². The summed E-state index contributed by atoms with van der Waals surface area (Å²) >= 11 is 0. The lowest BCUT2D eigenvalue weighted by Gasteiger charge is -2.24. The van der Waals surface area contributed by atoms with Crippen molar-refractivity contribution in [2.45, 2.75) is 32.2 Å². The first-order valence-corrected chi connectivity index (χ1v) is 8.49. The van der Waals surface area contributed by atoms with Gasteiger partial charge in [-0.05, 0) is 49.1 Å². The number of nitrogens with one attached hydrogen (secondary N) is 1. The lowest BCUT2D eigenvalue weighted by atomic mass is 10.1. The second kappa shape index (κ2) is 7.47. The Morgan fingerprint density at radius 1 is 1.21 bits per heavy atom. The molecule has 1 aliphatic heterocycles. The second-order valence-corrected chi connectivity index (χ2v) is 6.38. The Hall–Kier alpha value is -2.36. The van der Waals surface area contributed by atoms with E-state index < -0.39 is 0 Å². The molecule has 3 nitrogen and oxygen atoms in total. The van der Waals surface area contributed by atoms with Gasteiger partial charge < -0.3 is 10.2 Å². The largest absolute Gasteiger partial charge is 0.368 e. The molecule has 2 aromatic carbocycles. The summed E-state index contributed by atoms with van der Waals surface area (Å²) in [4.78, 5) is 14.4. The average Bonchev–Trinajstić information content (AvgIpc) is 2.89. The Morgan fingerprint density at radius 2 is 1.96 bits per heavy atom. The molecule has 1 atom stereocenters. The van der Waals surface area contributed by atoms with E-state index >= 15 is 0 Å². The fourth-order valence-corrected chi connectivity index (χ4v) is 3.30. The molecule has 1 N–H and O–H groups in total. The minimum absolute atomic E-state index is 0.0171. The molecule has 1 unspecified atom stereocenters. The maximum absolute atomic E-state index is 12.9. The Balaban J connectivity index is 1.42. The van der Waals surface area contributed by atoms with Gasteiger partial charge >= 0.3 is 0 Å². The molecule has 0 saturated heterocycles. The van der Waals surface area contributed by atoms with Gasteiger partial charge in [0.05, 0.1) is 6.42 Å². The number of para-hydroxylation sites is 1. The lowest BCUT2D eigenvalue weighted by molar-refractivity contribution is -0.120. The van der Waals surface area contributed by atoms with Crippen LogP contribution in [-0.4, -0.2) is 25.0 Å². The van der Waals surface area contributed by atoms with E-state index in [1.807, 2.05) is 0 Å². The molecule has 0 spiro atoms. The highest BCUT2D eigenvalue weighted by molar-refractivity contribution is 5.78. The topological polar surface area (TPSA) is 32.3 Å². The van der Waals surface area contributed by atoms with E-state index in [-0.39, 0.29) is 11.7 Å². The number of fused-ring (bicyclic) bond motifs is 1. The van der Waals surface area contributed by atoms with Crippen LogP contribution in [0, 0.1) is 5.82 Å². The van der Waals surface area contributed by atoms with Crippen LogP contribution >= 0.6 is 0 Å². The minimum atomic E-state index is -0.279. The highest BCUT2D eigenvalue weighted by atomic mass is 19.1. The van der Waals surface area contributed by atoms with Gasteiger partial charge in [0.15, 0.2) is 0 Å². The van der Waals surface area contributed by atoms with Gasteiger partial charge in [0.25, 0.3) is 0 Å². The third-order valence-corrected chi connectivity index (χ3v) is 4.52. The van der Waals surface area contributed by atoms with Gasteiger partial charge in [0.2, 0.25) is 5.91 Å². The molecule has 4 heteroatoms. The van der Waals surface area contributed by atoms with E-state index in [9.17, 15) is 9.18 Å². The van der Waals surface area contributed by atoms with E-state index in [1.54, 1.807) is 12.1 Å². The lowest BCUT2D eigenvalue weighted by Crippen LogP contribution is -2.33. The molecule has 24 heavy (non-hydrogen) atoms. The van der Waals surface area contributed by atoms with Crippen molar-refractivity contribution in [1.29, 1.82) is 0 Å². The van der Waals surface area contributed by atoms with Gasteiger partial charge in [-0.15, -0.1) is 0 Å². The van der Waals surface area contributed by atoms with Crippen molar-refractivity contribution in [3.8, 4) is 0 Å². The van der Waals surface area contributed by atoms with Crippen LogP contribution in [0.4, 0.5) is 10.1 Å². The highest BCUT2D eigenvalue weighted by Crippen LogP contribution is 2.31. The minimum Gasteiger partial charge on any atom is -0.368 e. The maximum atomic E-state index is 12.9. The zero-order valence-electron chi connectivity index (χ0n) is 14.0. The van der Waals surface area contributed by atoms with Gasteiger partial charge in [-0.1, -0.05) is 30.3 Å². The van der Waals surface area contributed by atoms with Gasteiger partial charge in [-0.25, -0.2) is 4.39 Å². The van der Waals surface area contributed by atoms with Gasteiger partial charge in [-0.3, -0.25) is 4.79 Å². The summed E-state index contributed by atoms with van der Waals surface area (Å²) in [5.74, 6) is -0.296. The number of benzene rings is 2. The SMILES string of the molecule is CC1Cc2ccccc2N1CCCNC(=O)Cc1ccc(F)cc1. The predicted molar refractivity (Wildman–Crippen MR) is 94.7 cm³/mol. The standard InChI is InChI=1S/C20H23FN2O/c1-15-13-17-5-2-3-6-19(17)23(15)12-4-11-22-20(24)14-16-7-9-18(21)10-8-16/h2-3,5-10,15H,4,11-14H2,1H3,(H,22,24). The molecule has 0 bridgehead atoms. The Kier molecular flexibility index (Phi) is 5.14. The van der Waals surface area contributed by atoms with Gasteiger partial charge in [0.1, 0.15) is 5.82 Å². The molecule has 126 valence electrons. The Bertz CT molecular complexity index is 699. The number of amides is 1. The van der Waals surface area contributed by atoms with Crippen molar-refractivity contribution in [1.82, 2.24) is 5.32 Å². The average molecular weight is 326 g/mol. The summed E-state index contributed by atoms with van der Waals surface area (Å²) in [5, 5.41) is 2.95. The van der Waals surface area contributed by atoms with Crippen LogP contribution in [0.1, 0.15) is 24.5 Å². The predicted octanol–water partition coefficient (Wildman–Crippen LogP) is 3.33. The van der Waals surface area contributed by atoms with Crippen LogP contribution < -0.4 is 10.2 Å². The molecule has 0 saturated carbocycles. The van der Waals surface area contributed by atoms with Crippen molar-refractivity contribution in [3.63, 3.8) is 0 Å². The summed E-state index contributed by atoms with van der Waals surface area (Å²) < 4.78 is 12.9. The van der Waals surface area contributed by atoms with E-state index in [2.05, 4.69) is 41.4 Å². The number of nitrogens with zero attached hydrogens (tertiary/aromatic N) is 1. The summed E-state index contributed by atoms with van der Waals surface area (Å²) in [6, 6.07) is 15.1. The fraction of sp³-hybridized carbons (Fsp3) is 0.350. The van der Waals surface area contributed by atoms with E-state index in [0.717, 1.165) is 24.9 Å². The van der Waals surface area contributed by atoms with E-state index in [1.165, 1.54) is 23.4 Å². The van der Waals surface area contributed by atoms with Gasteiger partial charge in [0, 0.05) is 24.8 Å². The second-order valence-electron chi connectivity index (χ2n) is 6.38. The maximum Gasteiger partial charge on any atom is 0.224 e. The summed E-state index contributed by atoms with van der Waals surface area (Å²) in [6.07, 6.45) is 2.30. The molecule has 1 aliphatic rings. The number of rotatable bonds is 6. The molecule has 3 rings (SSSR count). The van der Waals surface area contributed by atoms with E-state index in [0.29, 0.717) is 19.0 Å². The van der Waals surface area contributed by atoms with Crippen molar-refractivity contribution >= 4 is 11.6 Å². The van der Waals surface area contributed by atoms with Crippen molar-refractivity contribution in [2.75, 3.05) is 18.0 Å². The summed E-state index contributed by atoms with van der Waals surface area (Å²) in [6.45, 7) is 3.84. The molecule has 1 amide bonds. The van der Waals surface area contributed by atoms with Gasteiger partial charge in [-0.2, -0.15) is 0 Å². The van der Waals surface area contributed by atoms with Crippen molar-refractivity contribution < 1.29 is 9.18 Å². The number of hydrogen-bond donors (Lipinski definition) is 1. The monoisotopic (exact) mass is 326 g/mol. The Morgan fingerprint density at radius 3 is 2.75 bits per heavy atom. The summed E-state index contributed by atoms with van der Waals surface area (Å²) in [5.41, 5.74) is 3.56. The molecule has 0 radical (unpaired) electrons. The number of carbonyl (C=O) groups excluding carboxylic acids is 1. The molecule has 2 aromatic rings. The normalized spacial score (nSPS) is 16.1. The number of hydrogen-bond acceptors (Lipinski definition) is 2. The van der Waals surface area contributed by atoms with Crippen LogP contribution in [0.2, 0.25) is 0 Å². The van der Waals surface area contributed by atoms with E-state index in [4.69, 9.17) is 0 Å². The third-order valence-electron chi connectivity index (χ3n) is 4.52. The molecule has 1 heterocycles. The molecule has 0 aromatic heterocycles. The molecule has 0 aliphatic carbocycles. The third kappa shape index (κ3) is 3.94. The number of carbonyl (C=O) groups is 1. The first-order valence-electron chi connectivity index (χ1n) is 8.49. The smallest absolute Gasteiger partial charge is 0.224 e. The number of halogens is 1. The summed E-state index contributed by atoms with van der Waals surface area (Å²) in [7, 11) is 0. The number of anilines is 1. The van der Waals surface area contributed by atoms with Crippen LogP contribution in [0.5, 0.6) is 0 Å². The van der Waals surface area contributed by atoms with Crippen molar-refractivity contribution in [3.05, 3.63) is 65.5 Å². The van der Waals surface area contributed by atoms with Crippen LogP contribution in [0.3, 0.4) is 0 Å². The van der Waals surface area contributed by atoms with Crippen molar-refractivity contribution in [2.24, 2.45) is 0 Å². The fourth-order valence-electron chi connectivity index (χ4n) is 3.30. The van der Waals surface area contributed by atoms with Crippen LogP contribution in [0.25, 0.3) is 0 Å². The highest BCUT2D eigenvalue weighted by Gasteiger charge is 2.24. The first kappa shape index (κ1) is 16.5.